The molecule has 12 heteroatoms. The van der Waals surface area contributed by atoms with Crippen molar-refractivity contribution in [3.8, 4) is 11.5 Å². The molecule has 1 aliphatic rings. The Balaban J connectivity index is 1.27. The Bertz CT molecular complexity index is 2220. The summed E-state index contributed by atoms with van der Waals surface area (Å²) < 4.78 is 10.9. The number of hydrogen-bond donors (Lipinski definition) is 4. The smallest absolute Gasteiger partial charge is 0.341 e. The Morgan fingerprint density at radius 2 is 1.59 bits per heavy atom. The van der Waals surface area contributed by atoms with E-state index in [9.17, 15) is 24.3 Å². The van der Waals surface area contributed by atoms with Crippen molar-refractivity contribution in [3.05, 3.63) is 142 Å². The molecule has 0 radical (unpaired) electrons. The van der Waals surface area contributed by atoms with Crippen LogP contribution in [0.4, 0.5) is 10.7 Å². The van der Waals surface area contributed by atoms with Crippen LogP contribution in [-0.4, -0.2) is 42.5 Å². The number of hydrogen-bond acceptors (Lipinski definition) is 9. The van der Waals surface area contributed by atoms with E-state index in [-0.39, 0.29) is 24.0 Å². The zero-order valence-electron chi connectivity index (χ0n) is 31.1. The molecule has 0 bridgehead atoms. The summed E-state index contributed by atoms with van der Waals surface area (Å²) in [5, 5.41) is 18.5. The zero-order valence-corrected chi connectivity index (χ0v) is 32.8. The van der Waals surface area contributed by atoms with Gasteiger partial charge in [-0.25, -0.2) is 4.79 Å². The number of carbonyl (C=O) groups is 4. The SMILES string of the molecule is CCOC(=O)c1c(NC(=O)C(Sc2cccc(NC(=O)/C(=C\c3ccc(O)cc3OC)NC(=O)c3ccccc3)c2)c2ccccc2)sc2c1CCCCCC2. The van der Waals surface area contributed by atoms with Gasteiger partial charge in [-0.1, -0.05) is 67.4 Å². The number of fused-ring (bicyclic) bond motifs is 1. The van der Waals surface area contributed by atoms with E-state index in [4.69, 9.17) is 9.47 Å². The molecule has 0 saturated carbocycles. The second-order valence-electron chi connectivity index (χ2n) is 13.0. The van der Waals surface area contributed by atoms with Crippen LogP contribution in [0.5, 0.6) is 11.5 Å². The van der Waals surface area contributed by atoms with Crippen LogP contribution in [0.2, 0.25) is 0 Å². The largest absolute Gasteiger partial charge is 0.508 e. The first-order chi connectivity index (χ1) is 27.2. The van der Waals surface area contributed by atoms with Gasteiger partial charge in [0.05, 0.1) is 19.3 Å². The molecule has 288 valence electrons. The van der Waals surface area contributed by atoms with Gasteiger partial charge in [-0.05, 0) is 92.3 Å². The number of methoxy groups -OCH3 is 1. The normalized spacial score (nSPS) is 13.3. The lowest BCUT2D eigenvalue weighted by Crippen LogP contribution is -2.30. The predicted octanol–water partition coefficient (Wildman–Crippen LogP) is 9.18. The third-order valence-electron chi connectivity index (χ3n) is 9.12. The van der Waals surface area contributed by atoms with Crippen LogP contribution in [0.15, 0.2) is 114 Å². The van der Waals surface area contributed by atoms with Gasteiger partial charge in [0.1, 0.15) is 27.4 Å². The number of phenolic OH excluding ortho intramolecular Hbond substituents is 1. The van der Waals surface area contributed by atoms with Crippen molar-refractivity contribution in [1.29, 1.82) is 0 Å². The van der Waals surface area contributed by atoms with Crippen LogP contribution >= 0.6 is 23.1 Å². The van der Waals surface area contributed by atoms with Crippen molar-refractivity contribution in [2.24, 2.45) is 0 Å². The van der Waals surface area contributed by atoms with Crippen LogP contribution in [0.25, 0.3) is 6.08 Å². The summed E-state index contributed by atoms with van der Waals surface area (Å²) in [5.41, 5.74) is 3.36. The minimum Gasteiger partial charge on any atom is -0.508 e. The first kappa shape index (κ1) is 39.8. The average Bonchev–Trinajstić information content (AvgIpc) is 3.52. The molecule has 4 aromatic carbocycles. The van der Waals surface area contributed by atoms with Gasteiger partial charge in [-0.3, -0.25) is 14.4 Å². The number of ether oxygens (including phenoxy) is 2. The molecule has 1 aromatic heterocycles. The molecule has 0 fully saturated rings. The lowest BCUT2D eigenvalue weighted by molar-refractivity contribution is -0.116. The van der Waals surface area contributed by atoms with Crippen LogP contribution in [0.1, 0.15) is 80.1 Å². The Morgan fingerprint density at radius 1 is 0.857 bits per heavy atom. The highest BCUT2D eigenvalue weighted by molar-refractivity contribution is 8.00. The van der Waals surface area contributed by atoms with Crippen molar-refractivity contribution >= 4 is 63.6 Å². The number of phenols is 1. The number of carbonyl (C=O) groups excluding carboxylic acids is 4. The topological polar surface area (TPSA) is 143 Å². The van der Waals surface area contributed by atoms with E-state index in [0.717, 1.165) is 54.5 Å². The number of esters is 1. The molecule has 0 saturated heterocycles. The number of anilines is 2. The molecular formula is C44H43N3O7S2. The summed E-state index contributed by atoms with van der Waals surface area (Å²) in [5.74, 6) is -1.54. The summed E-state index contributed by atoms with van der Waals surface area (Å²) >= 11 is 2.76. The molecule has 1 aliphatic carbocycles. The maximum absolute atomic E-state index is 14.3. The van der Waals surface area contributed by atoms with Gasteiger partial charge in [-0.2, -0.15) is 0 Å². The fraction of sp³-hybridized carbons (Fsp3) is 0.227. The van der Waals surface area contributed by atoms with E-state index in [1.54, 1.807) is 61.5 Å². The third kappa shape index (κ3) is 10.1. The predicted molar refractivity (Wildman–Crippen MR) is 221 cm³/mol. The van der Waals surface area contributed by atoms with E-state index in [1.165, 1.54) is 48.4 Å². The maximum Gasteiger partial charge on any atom is 0.341 e. The molecule has 10 nitrogen and oxygen atoms in total. The number of rotatable bonds is 13. The number of aromatic hydroxyl groups is 1. The van der Waals surface area contributed by atoms with Crippen molar-refractivity contribution in [3.63, 3.8) is 0 Å². The molecule has 6 rings (SSSR count). The summed E-state index contributed by atoms with van der Waals surface area (Å²) in [6.07, 6.45) is 7.32. The standard InChI is InChI=1S/C44H43N3O7S2/c1-3-54-44(52)38-34-21-12-4-5-13-22-37(34)56-43(38)47-42(51)39(28-15-8-6-9-16-28)55-33-20-14-19-31(26-33)45-41(50)35(46-40(49)29-17-10-7-11-18-29)25-30-23-24-32(48)27-36(30)53-2/h6-11,14-20,23-27,39,48H,3-5,12-13,21-22H2,1-2H3,(H,45,50)(H,46,49)(H,47,51)/b35-25+. The molecule has 5 aromatic rings. The molecule has 3 amide bonds. The fourth-order valence-corrected chi connectivity index (χ4v) is 8.77. The van der Waals surface area contributed by atoms with Crippen molar-refractivity contribution in [1.82, 2.24) is 5.32 Å². The van der Waals surface area contributed by atoms with Crippen molar-refractivity contribution in [2.75, 3.05) is 24.4 Å². The minimum absolute atomic E-state index is 0.0186. The number of nitrogens with one attached hydrogen (secondary N) is 3. The molecule has 1 atom stereocenters. The third-order valence-corrected chi connectivity index (χ3v) is 11.6. The van der Waals surface area contributed by atoms with Crippen molar-refractivity contribution in [2.45, 2.75) is 55.6 Å². The second-order valence-corrected chi connectivity index (χ2v) is 15.3. The van der Waals surface area contributed by atoms with E-state index >= 15 is 0 Å². The molecular weight excluding hydrogens is 747 g/mol. The maximum atomic E-state index is 14.3. The van der Waals surface area contributed by atoms with Crippen molar-refractivity contribution < 1.29 is 33.8 Å². The zero-order chi connectivity index (χ0) is 39.4. The monoisotopic (exact) mass is 789 g/mol. The fourth-order valence-electron chi connectivity index (χ4n) is 6.40. The lowest BCUT2D eigenvalue weighted by Gasteiger charge is -2.18. The second kappa shape index (κ2) is 19.1. The lowest BCUT2D eigenvalue weighted by atomic mass is 9.96. The Morgan fingerprint density at radius 3 is 2.32 bits per heavy atom. The van der Waals surface area contributed by atoms with Gasteiger partial charge in [0.2, 0.25) is 5.91 Å². The number of thioether (sulfide) groups is 1. The molecule has 0 aliphatic heterocycles. The molecule has 1 unspecified atom stereocenters. The molecule has 4 N–H and O–H groups in total. The number of benzene rings is 4. The van der Waals surface area contributed by atoms with Gasteiger partial charge >= 0.3 is 5.97 Å². The van der Waals surface area contributed by atoms with Gasteiger partial charge in [0.15, 0.2) is 0 Å². The van der Waals surface area contributed by atoms with E-state index in [2.05, 4.69) is 16.0 Å². The average molecular weight is 790 g/mol. The Labute approximate surface area is 334 Å². The number of amides is 3. The molecule has 1 heterocycles. The van der Waals surface area contributed by atoms with Gasteiger partial charge < -0.3 is 30.5 Å². The van der Waals surface area contributed by atoms with Crippen LogP contribution in [0, 0.1) is 0 Å². The highest BCUT2D eigenvalue weighted by atomic mass is 32.2. The van der Waals surface area contributed by atoms with E-state index in [0.29, 0.717) is 38.0 Å². The van der Waals surface area contributed by atoms with E-state index < -0.39 is 23.0 Å². The summed E-state index contributed by atoms with van der Waals surface area (Å²) in [6, 6.07) is 29.4. The quantitative estimate of drug-likeness (QED) is 0.0526. The van der Waals surface area contributed by atoms with Gasteiger partial charge in [0.25, 0.3) is 11.8 Å². The summed E-state index contributed by atoms with van der Waals surface area (Å²) in [6.45, 7) is 2.00. The minimum atomic E-state index is -0.718. The van der Waals surface area contributed by atoms with Gasteiger partial charge in [-0.15, -0.1) is 23.1 Å². The summed E-state index contributed by atoms with van der Waals surface area (Å²) in [4.78, 5) is 56.5. The molecule has 0 spiro atoms. The first-order valence-corrected chi connectivity index (χ1v) is 20.1. The highest BCUT2D eigenvalue weighted by Crippen LogP contribution is 2.41. The van der Waals surface area contributed by atoms with Crippen LogP contribution in [0.3, 0.4) is 0 Å². The number of aryl methyl sites for hydroxylation is 1. The van der Waals surface area contributed by atoms with Gasteiger partial charge in [0, 0.05) is 32.7 Å². The first-order valence-electron chi connectivity index (χ1n) is 18.4. The van der Waals surface area contributed by atoms with Crippen LogP contribution in [-0.2, 0) is 27.2 Å². The number of thiophene rings is 1. The Hall–Kier alpha value is -5.85. The Kier molecular flexibility index (Phi) is 13.6. The summed E-state index contributed by atoms with van der Waals surface area (Å²) in [7, 11) is 1.44. The van der Waals surface area contributed by atoms with E-state index in [1.807, 2.05) is 36.4 Å². The van der Waals surface area contributed by atoms with Crippen LogP contribution < -0.4 is 20.7 Å². The molecule has 56 heavy (non-hydrogen) atoms. The highest BCUT2D eigenvalue weighted by Gasteiger charge is 2.29.